The van der Waals surface area contributed by atoms with Crippen molar-refractivity contribution >= 4 is 11.8 Å². The van der Waals surface area contributed by atoms with Gasteiger partial charge in [-0.1, -0.05) is 72.8 Å². The average molecular weight is 444 g/mol. The van der Waals surface area contributed by atoms with E-state index < -0.39 is 24.0 Å². The summed E-state index contributed by atoms with van der Waals surface area (Å²) in [6.07, 6.45) is 0.814. The van der Waals surface area contributed by atoms with Crippen molar-refractivity contribution in [2.24, 2.45) is 0 Å². The number of hydrogen-bond donors (Lipinski definition) is 1. The molecule has 1 aliphatic heterocycles. The van der Waals surface area contributed by atoms with Crippen LogP contribution in [0.4, 0.5) is 0 Å². The number of rotatable bonds is 9. The molecule has 0 fully saturated rings. The number of carbonyl (C=O) groups is 2. The standard InChI is InChI=1S/C27H24O6/c1-31-22-14-8-9-15-23(22)32-18-21(28)24-25(29)27(33-26(24)30,20-12-6-3-7-13-20)17-16-19-10-4-2-5-11-19/h2-15,29H,16-18H2,1H3. The first kappa shape index (κ1) is 22.1. The molecule has 0 saturated carbocycles. The average Bonchev–Trinajstić information content (AvgIpc) is 3.12. The lowest BCUT2D eigenvalue weighted by atomic mass is 9.85. The highest BCUT2D eigenvalue weighted by atomic mass is 16.6. The van der Waals surface area contributed by atoms with Gasteiger partial charge >= 0.3 is 5.97 Å². The quantitative estimate of drug-likeness (QED) is 0.385. The van der Waals surface area contributed by atoms with Gasteiger partial charge < -0.3 is 19.3 Å². The number of aliphatic hydroxyl groups excluding tert-OH is 1. The molecular formula is C27H24O6. The molecule has 0 spiro atoms. The van der Waals surface area contributed by atoms with Crippen LogP contribution in [0.5, 0.6) is 11.5 Å². The lowest BCUT2D eigenvalue weighted by molar-refractivity contribution is -0.150. The molecule has 0 aromatic heterocycles. The minimum atomic E-state index is -1.44. The van der Waals surface area contributed by atoms with Crippen LogP contribution in [-0.2, 0) is 26.3 Å². The molecule has 3 aromatic carbocycles. The summed E-state index contributed by atoms with van der Waals surface area (Å²) in [5.74, 6) is -1.10. The van der Waals surface area contributed by atoms with Crippen molar-refractivity contribution in [1.82, 2.24) is 0 Å². The molecule has 0 aliphatic carbocycles. The predicted octanol–water partition coefficient (Wildman–Crippen LogP) is 4.54. The molecule has 1 atom stereocenters. The maximum atomic E-state index is 12.9. The molecule has 6 heteroatoms. The summed E-state index contributed by atoms with van der Waals surface area (Å²) < 4.78 is 16.5. The molecule has 1 unspecified atom stereocenters. The second-order valence-corrected chi connectivity index (χ2v) is 7.65. The van der Waals surface area contributed by atoms with E-state index in [1.165, 1.54) is 7.11 Å². The SMILES string of the molecule is COc1ccccc1OCC(=O)C1=C(O)C(CCc2ccccc2)(c2ccccc2)OC1=O. The van der Waals surface area contributed by atoms with Crippen molar-refractivity contribution in [3.8, 4) is 11.5 Å². The summed E-state index contributed by atoms with van der Waals surface area (Å²) in [6.45, 7) is -0.446. The highest BCUT2D eigenvalue weighted by Crippen LogP contribution is 2.44. The molecule has 1 aliphatic rings. The first-order valence-electron chi connectivity index (χ1n) is 10.6. The molecule has 3 aromatic rings. The Bertz CT molecular complexity index is 1170. The Hall–Kier alpha value is -4.06. The van der Waals surface area contributed by atoms with Crippen LogP contribution in [0.2, 0.25) is 0 Å². The van der Waals surface area contributed by atoms with Gasteiger partial charge in [0.25, 0.3) is 0 Å². The number of Topliss-reactive ketones (excluding diaryl/α,β-unsaturated/α-hetero) is 1. The highest BCUT2D eigenvalue weighted by Gasteiger charge is 2.51. The third-order valence-corrected chi connectivity index (χ3v) is 5.65. The van der Waals surface area contributed by atoms with Crippen LogP contribution in [0.1, 0.15) is 17.5 Å². The van der Waals surface area contributed by atoms with Crippen molar-refractivity contribution in [3.63, 3.8) is 0 Å². The Balaban J connectivity index is 1.63. The van der Waals surface area contributed by atoms with E-state index in [0.717, 1.165) is 5.56 Å². The second-order valence-electron chi connectivity index (χ2n) is 7.65. The zero-order valence-corrected chi connectivity index (χ0v) is 18.2. The summed E-state index contributed by atoms with van der Waals surface area (Å²) in [5.41, 5.74) is -0.207. The van der Waals surface area contributed by atoms with Crippen molar-refractivity contribution in [1.29, 1.82) is 0 Å². The largest absolute Gasteiger partial charge is 0.507 e. The molecule has 0 saturated heterocycles. The third kappa shape index (κ3) is 4.46. The molecule has 0 amide bonds. The van der Waals surface area contributed by atoms with E-state index in [1.54, 1.807) is 48.5 Å². The van der Waals surface area contributed by atoms with Gasteiger partial charge in [-0.25, -0.2) is 4.79 Å². The monoisotopic (exact) mass is 444 g/mol. The van der Waals surface area contributed by atoms with Crippen LogP contribution < -0.4 is 9.47 Å². The molecule has 1 N–H and O–H groups in total. The minimum Gasteiger partial charge on any atom is -0.507 e. The zero-order chi connectivity index (χ0) is 23.3. The number of aliphatic hydroxyl groups is 1. The van der Waals surface area contributed by atoms with Gasteiger partial charge in [-0.15, -0.1) is 0 Å². The fraction of sp³-hybridized carbons (Fsp3) is 0.185. The molecule has 0 radical (unpaired) electrons. The Labute approximate surface area is 192 Å². The molecule has 6 nitrogen and oxygen atoms in total. The van der Waals surface area contributed by atoms with Gasteiger partial charge in [0, 0.05) is 12.0 Å². The van der Waals surface area contributed by atoms with E-state index in [-0.39, 0.29) is 17.8 Å². The van der Waals surface area contributed by atoms with Crippen LogP contribution in [0.15, 0.2) is 96.3 Å². The van der Waals surface area contributed by atoms with E-state index >= 15 is 0 Å². The number of cyclic esters (lactones) is 1. The third-order valence-electron chi connectivity index (χ3n) is 5.65. The molecule has 4 rings (SSSR count). The molecule has 0 bridgehead atoms. The van der Waals surface area contributed by atoms with Gasteiger partial charge in [-0.2, -0.15) is 0 Å². The lowest BCUT2D eigenvalue weighted by Crippen LogP contribution is -2.30. The van der Waals surface area contributed by atoms with Crippen molar-refractivity contribution < 1.29 is 28.9 Å². The Kier molecular flexibility index (Phi) is 6.45. The molecular weight excluding hydrogens is 420 g/mol. The number of esters is 1. The Morgan fingerprint density at radius 2 is 1.52 bits per heavy atom. The van der Waals surface area contributed by atoms with Gasteiger partial charge in [0.1, 0.15) is 5.57 Å². The smallest absolute Gasteiger partial charge is 0.346 e. The summed E-state index contributed by atoms with van der Waals surface area (Å²) >= 11 is 0. The number of para-hydroxylation sites is 2. The molecule has 1 heterocycles. The molecule has 168 valence electrons. The van der Waals surface area contributed by atoms with Crippen LogP contribution in [0.25, 0.3) is 0 Å². The molecule has 33 heavy (non-hydrogen) atoms. The predicted molar refractivity (Wildman–Crippen MR) is 122 cm³/mol. The number of hydrogen-bond acceptors (Lipinski definition) is 6. The first-order valence-corrected chi connectivity index (χ1v) is 10.6. The summed E-state index contributed by atoms with van der Waals surface area (Å²) in [5, 5.41) is 11.2. The minimum absolute atomic E-state index is 0.281. The van der Waals surface area contributed by atoms with Crippen molar-refractivity contribution in [2.45, 2.75) is 18.4 Å². The first-order chi connectivity index (χ1) is 16.0. The van der Waals surface area contributed by atoms with Crippen molar-refractivity contribution in [3.05, 3.63) is 107 Å². The van der Waals surface area contributed by atoms with Gasteiger partial charge in [-0.3, -0.25) is 4.79 Å². The van der Waals surface area contributed by atoms with E-state index in [1.807, 2.05) is 36.4 Å². The van der Waals surface area contributed by atoms with Crippen LogP contribution in [-0.4, -0.2) is 30.6 Å². The van der Waals surface area contributed by atoms with Crippen LogP contribution >= 0.6 is 0 Å². The maximum absolute atomic E-state index is 12.9. The van der Waals surface area contributed by atoms with E-state index in [2.05, 4.69) is 0 Å². The Morgan fingerprint density at radius 1 is 0.909 bits per heavy atom. The number of aryl methyl sites for hydroxylation is 1. The summed E-state index contributed by atoms with van der Waals surface area (Å²) in [4.78, 5) is 25.8. The fourth-order valence-electron chi connectivity index (χ4n) is 3.94. The van der Waals surface area contributed by atoms with Gasteiger partial charge in [-0.05, 0) is 24.1 Å². The van der Waals surface area contributed by atoms with Gasteiger partial charge in [0.05, 0.1) is 7.11 Å². The van der Waals surface area contributed by atoms with Crippen LogP contribution in [0, 0.1) is 0 Å². The Morgan fingerprint density at radius 3 is 2.18 bits per heavy atom. The van der Waals surface area contributed by atoms with E-state index in [9.17, 15) is 14.7 Å². The van der Waals surface area contributed by atoms with Gasteiger partial charge in [0.2, 0.25) is 5.78 Å². The summed E-state index contributed by atoms with van der Waals surface area (Å²) in [6, 6.07) is 25.5. The number of ether oxygens (including phenoxy) is 3. The fourth-order valence-corrected chi connectivity index (χ4v) is 3.94. The van der Waals surface area contributed by atoms with Crippen molar-refractivity contribution in [2.75, 3.05) is 13.7 Å². The van der Waals surface area contributed by atoms with E-state index in [0.29, 0.717) is 23.5 Å². The normalized spacial score (nSPS) is 17.5. The van der Waals surface area contributed by atoms with Gasteiger partial charge in [0.15, 0.2) is 29.5 Å². The number of carbonyl (C=O) groups excluding carboxylic acids is 2. The summed E-state index contributed by atoms with van der Waals surface area (Å²) in [7, 11) is 1.49. The topological polar surface area (TPSA) is 82.1 Å². The second kappa shape index (κ2) is 9.61. The highest BCUT2D eigenvalue weighted by molar-refractivity contribution is 6.20. The van der Waals surface area contributed by atoms with Crippen LogP contribution in [0.3, 0.4) is 0 Å². The lowest BCUT2D eigenvalue weighted by Gasteiger charge is -2.29. The maximum Gasteiger partial charge on any atom is 0.346 e. The number of ketones is 1. The number of benzene rings is 3. The van der Waals surface area contributed by atoms with E-state index in [4.69, 9.17) is 14.2 Å². The zero-order valence-electron chi connectivity index (χ0n) is 18.2. The number of methoxy groups -OCH3 is 1.